The minimum atomic E-state index is -0.0909. The highest BCUT2D eigenvalue weighted by molar-refractivity contribution is 5.98. The topological polar surface area (TPSA) is 58.6 Å². The summed E-state index contributed by atoms with van der Waals surface area (Å²) in [6.07, 6.45) is 6.13. The van der Waals surface area contributed by atoms with Crippen LogP contribution in [-0.2, 0) is 9.59 Å². The van der Waals surface area contributed by atoms with E-state index in [2.05, 4.69) is 5.32 Å². The Hall–Kier alpha value is -2.04. The van der Waals surface area contributed by atoms with Crippen LogP contribution in [0.4, 0.5) is 5.69 Å². The number of nitrogens with zero attached hydrogens (tertiary/aromatic N) is 1. The second-order valence-corrected chi connectivity index (χ2v) is 6.46. The normalized spacial score (nSPS) is 18.3. The number of amides is 2. The Morgan fingerprint density at radius 3 is 2.87 bits per heavy atom. The molecule has 5 nitrogen and oxygen atoms in total. The third-order valence-electron chi connectivity index (χ3n) is 4.59. The van der Waals surface area contributed by atoms with Crippen LogP contribution in [0, 0.1) is 6.92 Å². The van der Waals surface area contributed by atoms with Crippen molar-refractivity contribution in [3.8, 4) is 5.75 Å². The van der Waals surface area contributed by atoms with Gasteiger partial charge in [0.15, 0.2) is 6.61 Å². The second-order valence-electron chi connectivity index (χ2n) is 6.46. The van der Waals surface area contributed by atoms with Gasteiger partial charge in [0, 0.05) is 19.0 Å². The van der Waals surface area contributed by atoms with E-state index in [1.165, 1.54) is 19.3 Å². The molecule has 0 aromatic heterocycles. The zero-order valence-corrected chi connectivity index (χ0v) is 13.6. The molecule has 0 spiro atoms. The largest absolute Gasteiger partial charge is 0.482 e. The monoisotopic (exact) mass is 316 g/mol. The molecule has 0 atom stereocenters. The maximum Gasteiger partial charge on any atom is 0.265 e. The molecule has 2 aliphatic rings. The summed E-state index contributed by atoms with van der Waals surface area (Å²) in [6.45, 7) is 2.43. The zero-order chi connectivity index (χ0) is 16.2. The Kier molecular flexibility index (Phi) is 4.84. The van der Waals surface area contributed by atoms with E-state index >= 15 is 0 Å². The van der Waals surface area contributed by atoms with Crippen molar-refractivity contribution >= 4 is 17.5 Å². The predicted octanol–water partition coefficient (Wildman–Crippen LogP) is 2.56. The fraction of sp³-hybridized carbons (Fsp3) is 0.556. The van der Waals surface area contributed by atoms with Crippen LogP contribution in [-0.4, -0.2) is 31.0 Å². The van der Waals surface area contributed by atoms with Crippen LogP contribution in [0.5, 0.6) is 5.75 Å². The molecule has 1 aliphatic heterocycles. The van der Waals surface area contributed by atoms with Gasteiger partial charge in [-0.2, -0.15) is 0 Å². The minimum absolute atomic E-state index is 0.0323. The van der Waals surface area contributed by atoms with Crippen LogP contribution in [0.15, 0.2) is 18.2 Å². The number of carbonyl (C=O) groups is 2. The first-order chi connectivity index (χ1) is 11.1. The first-order valence-corrected chi connectivity index (χ1v) is 8.46. The summed E-state index contributed by atoms with van der Waals surface area (Å²) >= 11 is 0. The molecular formula is C18H24N2O3. The van der Waals surface area contributed by atoms with Crippen molar-refractivity contribution in [2.24, 2.45) is 0 Å². The van der Waals surface area contributed by atoms with Crippen molar-refractivity contribution < 1.29 is 14.3 Å². The summed E-state index contributed by atoms with van der Waals surface area (Å²) in [5.74, 6) is 0.661. The fourth-order valence-electron chi connectivity index (χ4n) is 3.32. The molecule has 1 saturated carbocycles. The lowest BCUT2D eigenvalue weighted by Gasteiger charge is -2.30. The number of benzene rings is 1. The highest BCUT2D eigenvalue weighted by atomic mass is 16.5. The van der Waals surface area contributed by atoms with E-state index in [1.807, 2.05) is 25.1 Å². The highest BCUT2D eigenvalue weighted by Crippen LogP contribution is 2.32. The fourth-order valence-corrected chi connectivity index (χ4v) is 3.32. The Morgan fingerprint density at radius 1 is 1.30 bits per heavy atom. The van der Waals surface area contributed by atoms with E-state index in [-0.39, 0.29) is 18.4 Å². The van der Waals surface area contributed by atoms with Crippen molar-refractivity contribution in [2.75, 3.05) is 18.1 Å². The van der Waals surface area contributed by atoms with Gasteiger partial charge in [0.05, 0.1) is 5.69 Å². The van der Waals surface area contributed by atoms with Gasteiger partial charge < -0.3 is 15.0 Å². The highest BCUT2D eigenvalue weighted by Gasteiger charge is 2.26. The molecule has 1 fully saturated rings. The van der Waals surface area contributed by atoms with Crippen molar-refractivity contribution in [2.45, 2.75) is 51.5 Å². The molecule has 5 heteroatoms. The second kappa shape index (κ2) is 7.02. The van der Waals surface area contributed by atoms with E-state index in [0.29, 0.717) is 19.0 Å². The number of aryl methyl sites for hydroxylation is 1. The summed E-state index contributed by atoms with van der Waals surface area (Å²) in [7, 11) is 0. The van der Waals surface area contributed by atoms with Crippen LogP contribution in [0.25, 0.3) is 0 Å². The van der Waals surface area contributed by atoms with Crippen LogP contribution in [0.2, 0.25) is 0 Å². The quantitative estimate of drug-likeness (QED) is 0.929. The number of nitrogens with one attached hydrogen (secondary N) is 1. The average molecular weight is 316 g/mol. The van der Waals surface area contributed by atoms with Crippen molar-refractivity contribution in [1.82, 2.24) is 5.32 Å². The number of ether oxygens (including phenoxy) is 1. The maximum absolute atomic E-state index is 12.1. The van der Waals surface area contributed by atoms with E-state index in [4.69, 9.17) is 4.74 Å². The lowest BCUT2D eigenvalue weighted by molar-refractivity contribution is -0.122. The van der Waals surface area contributed by atoms with Gasteiger partial charge in [-0.25, -0.2) is 0 Å². The number of anilines is 1. The maximum atomic E-state index is 12.1. The Morgan fingerprint density at radius 2 is 2.09 bits per heavy atom. The molecule has 0 radical (unpaired) electrons. The van der Waals surface area contributed by atoms with Crippen LogP contribution >= 0.6 is 0 Å². The zero-order valence-electron chi connectivity index (χ0n) is 13.6. The molecule has 1 N–H and O–H groups in total. The van der Waals surface area contributed by atoms with Gasteiger partial charge in [-0.15, -0.1) is 0 Å². The molecule has 1 heterocycles. The first kappa shape index (κ1) is 15.8. The van der Waals surface area contributed by atoms with Gasteiger partial charge in [-0.1, -0.05) is 25.3 Å². The molecule has 0 saturated heterocycles. The summed E-state index contributed by atoms with van der Waals surface area (Å²) < 4.78 is 5.48. The lowest BCUT2D eigenvalue weighted by atomic mass is 9.95. The van der Waals surface area contributed by atoms with E-state index < -0.39 is 0 Å². The third kappa shape index (κ3) is 3.84. The number of hydrogen-bond acceptors (Lipinski definition) is 3. The molecule has 23 heavy (non-hydrogen) atoms. The first-order valence-electron chi connectivity index (χ1n) is 8.46. The molecule has 2 amide bonds. The van der Waals surface area contributed by atoms with Crippen molar-refractivity contribution in [3.05, 3.63) is 23.8 Å². The molecule has 1 aromatic rings. The molecule has 0 bridgehead atoms. The van der Waals surface area contributed by atoms with Crippen molar-refractivity contribution in [3.63, 3.8) is 0 Å². The van der Waals surface area contributed by atoms with Crippen molar-refractivity contribution in [1.29, 1.82) is 0 Å². The van der Waals surface area contributed by atoms with Crippen LogP contribution < -0.4 is 15.0 Å². The standard InChI is InChI=1S/C18H24N2O3/c1-13-7-8-15-16(11-13)23-12-18(22)20(15)10-9-17(21)19-14-5-3-2-4-6-14/h7-8,11,14H,2-6,9-10,12H2,1H3,(H,19,21). The molecule has 1 aromatic carbocycles. The van der Waals surface area contributed by atoms with E-state index in [0.717, 1.165) is 29.8 Å². The molecule has 1 aliphatic carbocycles. The van der Waals surface area contributed by atoms with Crippen LogP contribution in [0.3, 0.4) is 0 Å². The van der Waals surface area contributed by atoms with E-state index in [9.17, 15) is 9.59 Å². The van der Waals surface area contributed by atoms with Gasteiger partial charge >= 0.3 is 0 Å². The average Bonchev–Trinajstić information content (AvgIpc) is 2.55. The Bertz CT molecular complexity index is 594. The Balaban J connectivity index is 1.59. The SMILES string of the molecule is Cc1ccc2c(c1)OCC(=O)N2CCC(=O)NC1CCCCC1. The molecule has 124 valence electrons. The lowest BCUT2D eigenvalue weighted by Crippen LogP contribution is -2.42. The van der Waals surface area contributed by atoms with Gasteiger partial charge in [-0.05, 0) is 37.5 Å². The summed E-state index contributed by atoms with van der Waals surface area (Å²) in [5.41, 5.74) is 1.85. The van der Waals surface area contributed by atoms with E-state index in [1.54, 1.807) is 4.90 Å². The predicted molar refractivity (Wildman–Crippen MR) is 88.7 cm³/mol. The summed E-state index contributed by atoms with van der Waals surface area (Å²) in [5, 5.41) is 3.10. The van der Waals surface area contributed by atoms with Gasteiger partial charge in [0.2, 0.25) is 5.91 Å². The molecule has 0 unspecified atom stereocenters. The number of fused-ring (bicyclic) bond motifs is 1. The Labute approximate surface area is 137 Å². The number of carbonyl (C=O) groups excluding carboxylic acids is 2. The molecular weight excluding hydrogens is 292 g/mol. The smallest absolute Gasteiger partial charge is 0.265 e. The minimum Gasteiger partial charge on any atom is -0.482 e. The van der Waals surface area contributed by atoms with Gasteiger partial charge in [0.25, 0.3) is 5.91 Å². The third-order valence-corrected chi connectivity index (χ3v) is 4.59. The van der Waals surface area contributed by atoms with Crippen LogP contribution in [0.1, 0.15) is 44.1 Å². The van der Waals surface area contributed by atoms with Gasteiger partial charge in [-0.3, -0.25) is 9.59 Å². The summed E-state index contributed by atoms with van der Waals surface area (Å²) in [4.78, 5) is 25.9. The van der Waals surface area contributed by atoms with Gasteiger partial charge in [0.1, 0.15) is 5.75 Å². The summed E-state index contributed by atoms with van der Waals surface area (Å²) in [6, 6.07) is 6.08. The number of hydrogen-bond donors (Lipinski definition) is 1. The molecule has 3 rings (SSSR count). The number of rotatable bonds is 4.